The summed E-state index contributed by atoms with van der Waals surface area (Å²) in [6.45, 7) is -0.238. The molecule has 98 heavy (non-hydrogen) atoms. The van der Waals surface area contributed by atoms with Crippen molar-refractivity contribution in [3.05, 3.63) is 364 Å². The molecule has 0 saturated heterocycles. The van der Waals surface area contributed by atoms with Crippen LogP contribution in [-0.4, -0.2) is 43.3 Å². The van der Waals surface area contributed by atoms with Crippen LogP contribution in [0.3, 0.4) is 0 Å². The SMILES string of the molecule is c1ccc(-c2cc(-c3ccccc3)c(-c3c4c(cc5c3[Se]c3cc(N(c6ccccc6)c6ccccc6)cc6c3B5c3ccccc3N6c3ccccc3)B3c5ccccc5N(c5ccccc5)c5cc(N(c6ccccc6)c6ccccc6)cc(c53)[Se]4)c(-c3ccccc3)c2)cc1. The minimum atomic E-state index is -0.265. The van der Waals surface area contributed by atoms with Gasteiger partial charge in [0, 0.05) is 0 Å². The summed E-state index contributed by atoms with van der Waals surface area (Å²) in [5, 5.41) is 0. The number of anilines is 12. The Bertz CT molecular complexity index is 5130. The molecule has 0 unspecified atom stereocenters. The molecule has 15 aromatic carbocycles. The van der Waals surface area contributed by atoms with Crippen LogP contribution in [0.4, 0.5) is 68.2 Å². The Morgan fingerprint density at radius 3 is 0.918 bits per heavy atom. The van der Waals surface area contributed by atoms with Crippen molar-refractivity contribution in [2.24, 2.45) is 0 Å². The number of para-hydroxylation sites is 8. The van der Waals surface area contributed by atoms with Crippen LogP contribution >= 0.6 is 0 Å². The monoisotopic (exact) mass is 1380 g/mol. The van der Waals surface area contributed by atoms with Gasteiger partial charge in [0.1, 0.15) is 0 Å². The fraction of sp³-hybridized carbons (Fsp3) is 0. The molecule has 0 amide bonds. The third-order valence-electron chi connectivity index (χ3n) is 19.8. The first-order valence-electron chi connectivity index (χ1n) is 33.6. The van der Waals surface area contributed by atoms with E-state index in [1.807, 2.05) is 0 Å². The molecule has 0 atom stereocenters. The summed E-state index contributed by atoms with van der Waals surface area (Å²) in [6.07, 6.45) is 0. The van der Waals surface area contributed by atoms with Crippen LogP contribution in [0.2, 0.25) is 0 Å². The predicted molar refractivity (Wildman–Crippen MR) is 419 cm³/mol. The Morgan fingerprint density at radius 2 is 0.551 bits per heavy atom. The second kappa shape index (κ2) is 24.4. The van der Waals surface area contributed by atoms with E-state index in [0.717, 1.165) is 45.5 Å². The van der Waals surface area contributed by atoms with Gasteiger partial charge in [-0.1, -0.05) is 0 Å². The Balaban J connectivity index is 0.971. The van der Waals surface area contributed by atoms with Crippen LogP contribution in [0, 0.1) is 0 Å². The molecule has 0 radical (unpaired) electrons. The maximum atomic E-state index is 2.77. The van der Waals surface area contributed by atoms with E-state index in [4.69, 9.17) is 0 Å². The zero-order valence-electron chi connectivity index (χ0n) is 53.4. The first kappa shape index (κ1) is 58.1. The van der Waals surface area contributed by atoms with E-state index in [0.29, 0.717) is 0 Å². The number of nitrogens with zero attached hydrogens (tertiary/aromatic N) is 4. The number of rotatable bonds is 12. The van der Waals surface area contributed by atoms with Crippen molar-refractivity contribution in [1.82, 2.24) is 0 Å². The van der Waals surface area contributed by atoms with E-state index in [9.17, 15) is 0 Å². The third-order valence-corrected chi connectivity index (χ3v) is 24.9. The van der Waals surface area contributed by atoms with Gasteiger partial charge < -0.3 is 0 Å². The van der Waals surface area contributed by atoms with Crippen LogP contribution in [0.1, 0.15) is 0 Å². The van der Waals surface area contributed by atoms with Gasteiger partial charge >= 0.3 is 590 Å². The molecular weight excluding hydrogens is 1320 g/mol. The zero-order chi connectivity index (χ0) is 64.6. The van der Waals surface area contributed by atoms with Crippen molar-refractivity contribution >= 4 is 162 Å². The number of hydrogen-bond acceptors (Lipinski definition) is 4. The summed E-state index contributed by atoms with van der Waals surface area (Å²) in [5.74, 6) is 0. The molecule has 4 aliphatic heterocycles. The van der Waals surface area contributed by atoms with Crippen LogP contribution in [0.25, 0.3) is 44.5 Å². The molecule has 0 bridgehead atoms. The molecule has 0 N–H and O–H groups in total. The Morgan fingerprint density at radius 1 is 0.235 bits per heavy atom. The molecule has 0 fully saturated rings. The number of benzene rings is 15. The molecule has 4 nitrogen and oxygen atoms in total. The second-order valence-corrected chi connectivity index (χ2v) is 29.8. The first-order chi connectivity index (χ1) is 48.7. The normalized spacial score (nSPS) is 12.7. The van der Waals surface area contributed by atoms with Crippen molar-refractivity contribution in [2.45, 2.75) is 0 Å². The average molecular weight is 1380 g/mol. The van der Waals surface area contributed by atoms with Crippen molar-refractivity contribution in [1.29, 1.82) is 0 Å². The van der Waals surface area contributed by atoms with Gasteiger partial charge in [-0.3, -0.25) is 0 Å². The second-order valence-electron chi connectivity index (χ2n) is 25.4. The van der Waals surface area contributed by atoms with Crippen LogP contribution < -0.4 is 70.2 Å². The first-order valence-corrected chi connectivity index (χ1v) is 37.1. The van der Waals surface area contributed by atoms with Gasteiger partial charge in [0.15, 0.2) is 0 Å². The minimum absolute atomic E-state index is 0.119. The quantitative estimate of drug-likeness (QED) is 0.113. The molecule has 19 rings (SSSR count). The average Bonchev–Trinajstić information content (AvgIpc) is 0.687. The maximum absolute atomic E-state index is 2.77. The molecule has 15 aromatic rings. The van der Waals surface area contributed by atoms with Gasteiger partial charge in [-0.05, 0) is 0 Å². The molecule has 0 saturated carbocycles. The molecule has 0 spiro atoms. The fourth-order valence-corrected chi connectivity index (χ4v) is 21.7. The van der Waals surface area contributed by atoms with Gasteiger partial charge in [-0.25, -0.2) is 0 Å². The van der Waals surface area contributed by atoms with Crippen LogP contribution in [0.5, 0.6) is 0 Å². The van der Waals surface area contributed by atoms with Crippen LogP contribution in [-0.2, 0) is 0 Å². The Kier molecular flexibility index (Phi) is 14.5. The van der Waals surface area contributed by atoms with Gasteiger partial charge in [-0.15, -0.1) is 0 Å². The standard InChI is InChI=1S/C90H60B2N4Se2/c1-10-32-61(33-11-1)64-54-73(62-34-12-2-13-35-62)85(74(55-64)63-36-14-3-15-37-63)86-89-77(91-75-50-28-30-52-79(75)95(69-46-24-8-25-47-69)81-56-71(58-83(97-89)87(81)91)93(65-38-16-4-17-39-65)66-40-18-5-19-41-66)60-78-90(86)98-84-59-72(94(67-42-20-6-21-43-67)68-44-22-7-23-45-68)57-82-88(84)92(78)76-51-29-31-53-80(76)96(82)70-48-26-9-27-49-70/h1-60H. The van der Waals surface area contributed by atoms with E-state index < -0.39 is 0 Å². The summed E-state index contributed by atoms with van der Waals surface area (Å²) in [7, 11) is 0. The van der Waals surface area contributed by atoms with Crippen molar-refractivity contribution in [3.63, 3.8) is 0 Å². The molecule has 8 heteroatoms. The summed E-state index contributed by atoms with van der Waals surface area (Å²) in [6, 6.07) is 136. The summed E-state index contributed by atoms with van der Waals surface area (Å²) in [5.41, 5.74) is 31.8. The molecule has 4 aliphatic rings. The Hall–Kier alpha value is -11.3. The van der Waals surface area contributed by atoms with Crippen molar-refractivity contribution in [2.75, 3.05) is 19.6 Å². The zero-order valence-corrected chi connectivity index (χ0v) is 56.8. The van der Waals surface area contributed by atoms with Gasteiger partial charge in [0.25, 0.3) is 0 Å². The van der Waals surface area contributed by atoms with E-state index in [1.54, 1.807) is 0 Å². The van der Waals surface area contributed by atoms with E-state index >= 15 is 0 Å². The topological polar surface area (TPSA) is 13.0 Å². The van der Waals surface area contributed by atoms with Gasteiger partial charge in [0.05, 0.1) is 0 Å². The summed E-state index contributed by atoms with van der Waals surface area (Å²) in [4.78, 5) is 10.1. The van der Waals surface area contributed by atoms with Crippen molar-refractivity contribution in [3.8, 4) is 44.5 Å². The number of fused-ring (bicyclic) bond motifs is 8. The molecule has 4 heterocycles. The van der Waals surface area contributed by atoms with Gasteiger partial charge in [-0.2, -0.15) is 0 Å². The van der Waals surface area contributed by atoms with E-state index in [-0.39, 0.29) is 43.3 Å². The van der Waals surface area contributed by atoms with E-state index in [2.05, 4.69) is 384 Å². The fourth-order valence-electron chi connectivity index (χ4n) is 15.8. The number of hydrogen-bond donors (Lipinski definition) is 0. The molecule has 0 aliphatic carbocycles. The molecule has 0 aromatic heterocycles. The summed E-state index contributed by atoms with van der Waals surface area (Å²) >= 11 is -0.529. The predicted octanol–water partition coefficient (Wildman–Crippen LogP) is 15.8. The van der Waals surface area contributed by atoms with Crippen molar-refractivity contribution < 1.29 is 0 Å². The third kappa shape index (κ3) is 9.74. The van der Waals surface area contributed by atoms with Crippen LogP contribution in [0.15, 0.2) is 364 Å². The molecular formula is C90H60B2N4Se2. The van der Waals surface area contributed by atoms with Gasteiger partial charge in [0.2, 0.25) is 0 Å². The summed E-state index contributed by atoms with van der Waals surface area (Å²) < 4.78 is 5.66. The van der Waals surface area contributed by atoms with E-state index in [1.165, 1.54) is 118 Å². The molecule has 458 valence electrons. The Labute approximate surface area is 585 Å².